The topological polar surface area (TPSA) is 50.8 Å². The summed E-state index contributed by atoms with van der Waals surface area (Å²) >= 11 is 1.37. The van der Waals surface area contributed by atoms with Crippen molar-refractivity contribution in [3.63, 3.8) is 0 Å². The number of benzene rings is 2. The van der Waals surface area contributed by atoms with E-state index in [1.54, 1.807) is 12.3 Å². The van der Waals surface area contributed by atoms with E-state index in [4.69, 9.17) is 4.74 Å². The highest BCUT2D eigenvalue weighted by Crippen LogP contribution is 2.38. The highest BCUT2D eigenvalue weighted by atomic mass is 32.2. The Morgan fingerprint density at radius 2 is 1.89 bits per heavy atom. The van der Waals surface area contributed by atoms with E-state index >= 15 is 0 Å². The molecule has 1 aliphatic heterocycles. The molecule has 0 amide bonds. The van der Waals surface area contributed by atoms with E-state index in [0.717, 1.165) is 21.7 Å². The fourth-order valence-corrected chi connectivity index (χ4v) is 4.42. The van der Waals surface area contributed by atoms with Gasteiger partial charge in [0.1, 0.15) is 5.82 Å². The van der Waals surface area contributed by atoms with E-state index in [1.165, 1.54) is 17.8 Å². The Kier molecular flexibility index (Phi) is 5.21. The monoisotopic (exact) mass is 393 g/mol. The number of hydrogen-bond donors (Lipinski definition) is 0. The number of nitrogens with zero attached hydrogens (tertiary/aromatic N) is 3. The van der Waals surface area contributed by atoms with Crippen LogP contribution >= 0.6 is 11.8 Å². The van der Waals surface area contributed by atoms with Gasteiger partial charge in [-0.15, -0.1) is 0 Å². The maximum Gasteiger partial charge on any atom is 0.137 e. The molecule has 3 aromatic rings. The minimum atomic E-state index is -0.593. The minimum absolute atomic E-state index is 0.274. The number of rotatable bonds is 4. The predicted molar refractivity (Wildman–Crippen MR) is 107 cm³/mol. The molecular weight excluding hydrogens is 373 g/mol. The Bertz CT molecular complexity index is 1020. The quantitative estimate of drug-likeness (QED) is 0.629. The smallest absolute Gasteiger partial charge is 0.137 e. The molecular formula is C22H20FN3OS. The molecule has 0 saturated carbocycles. The molecule has 0 unspecified atom stereocenters. The van der Waals surface area contributed by atoms with Crippen LogP contribution < -0.4 is 0 Å². The van der Waals surface area contributed by atoms with Gasteiger partial charge in [-0.3, -0.25) is 4.68 Å². The van der Waals surface area contributed by atoms with Crippen LogP contribution in [0, 0.1) is 17.1 Å². The number of ether oxygens (including phenoxy) is 1. The Morgan fingerprint density at radius 3 is 2.54 bits per heavy atom. The van der Waals surface area contributed by atoms with Crippen molar-refractivity contribution in [3.8, 4) is 17.3 Å². The first-order valence-electron chi connectivity index (χ1n) is 9.17. The van der Waals surface area contributed by atoms with Gasteiger partial charge in [-0.2, -0.15) is 10.4 Å². The molecule has 142 valence electrons. The highest BCUT2D eigenvalue weighted by molar-refractivity contribution is 7.99. The maximum absolute atomic E-state index is 14.5. The van der Waals surface area contributed by atoms with Crippen LogP contribution in [0.25, 0.3) is 11.3 Å². The minimum Gasteiger partial charge on any atom is -0.381 e. The van der Waals surface area contributed by atoms with Crippen molar-refractivity contribution in [1.29, 1.82) is 5.26 Å². The average Bonchev–Trinajstić information content (AvgIpc) is 3.16. The first kappa shape index (κ1) is 18.7. The summed E-state index contributed by atoms with van der Waals surface area (Å²) in [5.41, 5.74) is 2.36. The summed E-state index contributed by atoms with van der Waals surface area (Å²) < 4.78 is 21.7. The Balaban J connectivity index is 1.60. The lowest BCUT2D eigenvalue weighted by molar-refractivity contribution is 0.0674. The zero-order valence-electron chi connectivity index (χ0n) is 15.6. The summed E-state index contributed by atoms with van der Waals surface area (Å²) in [5.74, 6) is -0.274. The SMILES string of the molecule is Cn1nccc1-c1ccc(Sc2cc(C3(C#N)CCOCC3)ccc2F)cc1. The molecule has 0 atom stereocenters. The van der Waals surface area contributed by atoms with Crippen LogP contribution in [0.5, 0.6) is 0 Å². The van der Waals surface area contributed by atoms with Crippen molar-refractivity contribution in [3.05, 3.63) is 66.1 Å². The second-order valence-corrected chi connectivity index (χ2v) is 8.03. The summed E-state index contributed by atoms with van der Waals surface area (Å²) in [5, 5.41) is 14.0. The van der Waals surface area contributed by atoms with Crippen molar-refractivity contribution in [1.82, 2.24) is 9.78 Å². The van der Waals surface area contributed by atoms with Crippen LogP contribution in [0.15, 0.2) is 64.5 Å². The fourth-order valence-electron chi connectivity index (χ4n) is 3.54. The molecule has 6 heteroatoms. The molecule has 1 aliphatic rings. The molecule has 0 aliphatic carbocycles. The zero-order chi connectivity index (χ0) is 19.6. The molecule has 0 radical (unpaired) electrons. The third-order valence-corrected chi connectivity index (χ3v) is 6.28. The largest absolute Gasteiger partial charge is 0.381 e. The van der Waals surface area contributed by atoms with Crippen LogP contribution in [-0.4, -0.2) is 23.0 Å². The van der Waals surface area contributed by atoms with Gasteiger partial charge in [0.05, 0.1) is 17.2 Å². The molecule has 0 N–H and O–H groups in total. The van der Waals surface area contributed by atoms with Gasteiger partial charge >= 0.3 is 0 Å². The van der Waals surface area contributed by atoms with Gasteiger partial charge in [0, 0.05) is 36.2 Å². The molecule has 2 heterocycles. The average molecular weight is 393 g/mol. The zero-order valence-corrected chi connectivity index (χ0v) is 16.4. The summed E-state index contributed by atoms with van der Waals surface area (Å²) in [4.78, 5) is 1.48. The third kappa shape index (κ3) is 3.56. The van der Waals surface area contributed by atoms with E-state index < -0.39 is 5.41 Å². The standard InChI is InChI=1S/C22H20FN3OS/c1-26-20(8-11-25-26)16-2-5-18(6-3-16)28-21-14-17(4-7-19(21)23)22(15-24)9-12-27-13-10-22/h2-8,11,14H,9-10,12-13H2,1H3. The lowest BCUT2D eigenvalue weighted by Gasteiger charge is -2.31. The van der Waals surface area contributed by atoms with Gasteiger partial charge in [0.25, 0.3) is 0 Å². The summed E-state index contributed by atoms with van der Waals surface area (Å²) in [6.07, 6.45) is 3.04. The summed E-state index contributed by atoms with van der Waals surface area (Å²) in [7, 11) is 1.90. The van der Waals surface area contributed by atoms with E-state index in [9.17, 15) is 9.65 Å². The second-order valence-electron chi connectivity index (χ2n) is 6.92. The van der Waals surface area contributed by atoms with Crippen LogP contribution in [0.4, 0.5) is 4.39 Å². The van der Waals surface area contributed by atoms with Crippen molar-refractivity contribution in [2.45, 2.75) is 28.0 Å². The van der Waals surface area contributed by atoms with Gasteiger partial charge < -0.3 is 4.74 Å². The summed E-state index contributed by atoms with van der Waals surface area (Å²) in [6, 6.07) is 17.4. The molecule has 0 spiro atoms. The Hall–Kier alpha value is -2.62. The first-order valence-corrected chi connectivity index (χ1v) is 9.98. The Morgan fingerprint density at radius 1 is 1.14 bits per heavy atom. The van der Waals surface area contributed by atoms with Crippen LogP contribution in [0.3, 0.4) is 0 Å². The number of aryl methyl sites for hydroxylation is 1. The highest BCUT2D eigenvalue weighted by Gasteiger charge is 2.35. The number of halogens is 1. The van der Waals surface area contributed by atoms with Crippen molar-refractivity contribution in [2.24, 2.45) is 7.05 Å². The van der Waals surface area contributed by atoms with Crippen molar-refractivity contribution < 1.29 is 9.13 Å². The van der Waals surface area contributed by atoms with Gasteiger partial charge in [-0.05, 0) is 54.3 Å². The van der Waals surface area contributed by atoms with E-state index in [1.807, 2.05) is 48.1 Å². The number of nitriles is 1. The number of aromatic nitrogens is 2. The van der Waals surface area contributed by atoms with Gasteiger partial charge in [0.15, 0.2) is 0 Å². The first-order chi connectivity index (χ1) is 13.6. The van der Waals surface area contributed by atoms with Gasteiger partial charge in [-0.25, -0.2) is 4.39 Å². The van der Waals surface area contributed by atoms with Crippen LogP contribution in [0.1, 0.15) is 18.4 Å². The molecule has 4 nitrogen and oxygen atoms in total. The third-order valence-electron chi connectivity index (χ3n) is 5.24. The van der Waals surface area contributed by atoms with Gasteiger partial charge in [0.2, 0.25) is 0 Å². The fraction of sp³-hybridized carbons (Fsp3) is 0.273. The normalized spacial score (nSPS) is 15.9. The van der Waals surface area contributed by atoms with Gasteiger partial charge in [-0.1, -0.05) is 30.0 Å². The van der Waals surface area contributed by atoms with E-state index in [2.05, 4.69) is 11.2 Å². The molecule has 28 heavy (non-hydrogen) atoms. The molecule has 1 aromatic heterocycles. The van der Waals surface area contributed by atoms with Crippen molar-refractivity contribution >= 4 is 11.8 Å². The van der Waals surface area contributed by atoms with E-state index in [0.29, 0.717) is 31.0 Å². The van der Waals surface area contributed by atoms with Crippen LogP contribution in [-0.2, 0) is 17.2 Å². The molecule has 1 saturated heterocycles. The maximum atomic E-state index is 14.5. The van der Waals surface area contributed by atoms with E-state index in [-0.39, 0.29) is 5.82 Å². The molecule has 4 rings (SSSR count). The predicted octanol–water partition coefficient (Wildman–Crippen LogP) is 4.95. The van der Waals surface area contributed by atoms with Crippen molar-refractivity contribution in [2.75, 3.05) is 13.2 Å². The second kappa shape index (κ2) is 7.78. The Labute approximate surface area is 167 Å². The summed E-state index contributed by atoms with van der Waals surface area (Å²) in [6.45, 7) is 1.12. The molecule has 1 fully saturated rings. The molecule has 0 bridgehead atoms. The number of hydrogen-bond acceptors (Lipinski definition) is 4. The van der Waals surface area contributed by atoms with Crippen LogP contribution in [0.2, 0.25) is 0 Å². The lowest BCUT2D eigenvalue weighted by atomic mass is 9.75. The lowest BCUT2D eigenvalue weighted by Crippen LogP contribution is -2.32. The molecule has 2 aromatic carbocycles.